The Bertz CT molecular complexity index is 1310. The number of aliphatic hydroxyl groups is 1. The zero-order valence-electron chi connectivity index (χ0n) is 19.8. The average Bonchev–Trinajstić information content (AvgIpc) is 3.57. The molecule has 3 aromatic heterocycles. The van der Waals surface area contributed by atoms with Gasteiger partial charge in [-0.05, 0) is 37.0 Å². The number of anilines is 1. The molecule has 0 aliphatic carbocycles. The van der Waals surface area contributed by atoms with Crippen LogP contribution in [0.2, 0.25) is 0 Å². The van der Waals surface area contributed by atoms with Gasteiger partial charge in [0.1, 0.15) is 0 Å². The van der Waals surface area contributed by atoms with Crippen LogP contribution in [-0.4, -0.2) is 61.4 Å². The Morgan fingerprint density at radius 1 is 1.00 bits per heavy atom. The predicted octanol–water partition coefficient (Wildman–Crippen LogP) is 3.72. The maximum Gasteiger partial charge on any atom is 0.228 e. The molecule has 0 radical (unpaired) electrons. The van der Waals surface area contributed by atoms with Crippen molar-refractivity contribution in [3.05, 3.63) is 78.2 Å². The molecule has 35 heavy (non-hydrogen) atoms. The highest BCUT2D eigenvalue weighted by Crippen LogP contribution is 2.29. The molecule has 180 valence electrons. The van der Waals surface area contributed by atoms with E-state index in [0.29, 0.717) is 24.6 Å². The molecule has 1 fully saturated rings. The molecule has 1 N–H and O–H groups in total. The first-order valence-corrected chi connectivity index (χ1v) is 12.3. The van der Waals surface area contributed by atoms with Gasteiger partial charge in [-0.1, -0.05) is 42.5 Å². The molecule has 8 heteroatoms. The van der Waals surface area contributed by atoms with E-state index in [1.54, 1.807) is 6.26 Å². The molecule has 0 atom stereocenters. The van der Waals surface area contributed by atoms with Gasteiger partial charge in [0.25, 0.3) is 0 Å². The quantitative estimate of drug-likeness (QED) is 0.430. The number of rotatable bonds is 6. The van der Waals surface area contributed by atoms with E-state index in [9.17, 15) is 5.11 Å². The van der Waals surface area contributed by atoms with Crippen LogP contribution >= 0.6 is 0 Å². The Balaban J connectivity index is 1.24. The number of benzene rings is 1. The van der Waals surface area contributed by atoms with E-state index in [0.717, 1.165) is 62.6 Å². The number of hydrogen-bond donors (Lipinski definition) is 1. The molecule has 6 rings (SSSR count). The molecule has 8 nitrogen and oxygen atoms in total. The number of likely N-dealkylation sites (tertiary alicyclic amines) is 1. The van der Waals surface area contributed by atoms with Crippen molar-refractivity contribution in [1.29, 1.82) is 0 Å². The molecular weight excluding hydrogens is 440 g/mol. The van der Waals surface area contributed by atoms with Crippen molar-refractivity contribution in [3.8, 4) is 11.6 Å². The monoisotopic (exact) mass is 470 g/mol. The number of nitrogens with zero attached hydrogens (tertiary/aromatic N) is 6. The SMILES string of the molecule is OC1(Cc2ccccc2)CCN(Cc2cnc(N3CC=CCC3)n3nc(-c4ccco4)nc23)CC1. The Morgan fingerprint density at radius 3 is 2.60 bits per heavy atom. The minimum Gasteiger partial charge on any atom is -0.461 e. The Hall–Kier alpha value is -3.49. The maximum atomic E-state index is 11.2. The standard InChI is InChI=1S/C27H30N6O2/c34-27(18-21-8-3-1-4-9-21)11-15-31(16-12-27)20-22-19-28-26(32-13-5-2-6-14-32)33-25(22)29-24(30-33)23-10-7-17-35-23/h1-5,7-10,17,19,34H,6,11-16,18,20H2. The second-order valence-electron chi connectivity index (χ2n) is 9.60. The topological polar surface area (TPSA) is 82.9 Å². The molecule has 2 aliphatic rings. The molecule has 0 unspecified atom stereocenters. The summed E-state index contributed by atoms with van der Waals surface area (Å²) in [5.74, 6) is 2.01. The molecule has 0 saturated carbocycles. The summed E-state index contributed by atoms with van der Waals surface area (Å²) in [6.07, 6.45) is 11.1. The summed E-state index contributed by atoms with van der Waals surface area (Å²) in [5, 5.41) is 16.0. The molecule has 2 aliphatic heterocycles. The van der Waals surface area contributed by atoms with Crippen molar-refractivity contribution in [2.45, 2.75) is 37.8 Å². The van der Waals surface area contributed by atoms with Gasteiger partial charge >= 0.3 is 0 Å². The first-order chi connectivity index (χ1) is 17.2. The molecule has 1 aromatic carbocycles. The summed E-state index contributed by atoms with van der Waals surface area (Å²) in [6, 6.07) is 14.0. The summed E-state index contributed by atoms with van der Waals surface area (Å²) >= 11 is 0. The van der Waals surface area contributed by atoms with Gasteiger partial charge in [-0.15, -0.1) is 5.10 Å². The van der Waals surface area contributed by atoms with E-state index in [4.69, 9.17) is 19.5 Å². The van der Waals surface area contributed by atoms with Crippen molar-refractivity contribution >= 4 is 11.6 Å². The average molecular weight is 471 g/mol. The smallest absolute Gasteiger partial charge is 0.228 e. The second-order valence-corrected chi connectivity index (χ2v) is 9.60. The largest absolute Gasteiger partial charge is 0.461 e. The van der Waals surface area contributed by atoms with Crippen LogP contribution in [0, 0.1) is 0 Å². The summed E-state index contributed by atoms with van der Waals surface area (Å²) in [5.41, 5.74) is 2.37. The molecular formula is C27H30N6O2. The van der Waals surface area contributed by atoms with E-state index in [1.807, 2.05) is 41.0 Å². The second kappa shape index (κ2) is 9.28. The van der Waals surface area contributed by atoms with Gasteiger partial charge in [0.15, 0.2) is 11.4 Å². The van der Waals surface area contributed by atoms with Crippen molar-refractivity contribution in [2.75, 3.05) is 31.1 Å². The summed E-state index contributed by atoms with van der Waals surface area (Å²) < 4.78 is 7.44. The van der Waals surface area contributed by atoms with Gasteiger partial charge in [-0.25, -0.2) is 9.97 Å². The van der Waals surface area contributed by atoms with Gasteiger partial charge in [-0.3, -0.25) is 4.90 Å². The molecule has 0 amide bonds. The highest BCUT2D eigenvalue weighted by atomic mass is 16.3. The normalized spacial score (nSPS) is 18.4. The number of hydrogen-bond acceptors (Lipinski definition) is 7. The van der Waals surface area contributed by atoms with Crippen molar-refractivity contribution < 1.29 is 9.52 Å². The number of aromatic nitrogens is 4. The van der Waals surface area contributed by atoms with Crippen LogP contribution in [0.3, 0.4) is 0 Å². The summed E-state index contributed by atoms with van der Waals surface area (Å²) in [4.78, 5) is 14.3. The molecule has 0 bridgehead atoms. The van der Waals surface area contributed by atoms with Crippen LogP contribution in [0.25, 0.3) is 17.2 Å². The lowest BCUT2D eigenvalue weighted by atomic mass is 9.85. The summed E-state index contributed by atoms with van der Waals surface area (Å²) in [7, 11) is 0. The fraction of sp³-hybridized carbons (Fsp3) is 0.370. The van der Waals surface area contributed by atoms with Gasteiger partial charge in [0.2, 0.25) is 11.8 Å². The lowest BCUT2D eigenvalue weighted by Gasteiger charge is -2.38. The van der Waals surface area contributed by atoms with Crippen molar-refractivity contribution in [2.24, 2.45) is 0 Å². The molecule has 1 saturated heterocycles. The Labute approximate surface area is 204 Å². The van der Waals surface area contributed by atoms with Crippen molar-refractivity contribution in [3.63, 3.8) is 0 Å². The maximum absolute atomic E-state index is 11.2. The highest BCUT2D eigenvalue weighted by Gasteiger charge is 2.33. The van der Waals surface area contributed by atoms with Crippen LogP contribution in [0.5, 0.6) is 0 Å². The van der Waals surface area contributed by atoms with Gasteiger partial charge < -0.3 is 14.4 Å². The van der Waals surface area contributed by atoms with E-state index in [-0.39, 0.29) is 0 Å². The third kappa shape index (κ3) is 4.59. The van der Waals surface area contributed by atoms with E-state index in [1.165, 1.54) is 5.56 Å². The number of fused-ring (bicyclic) bond motifs is 1. The minimum atomic E-state index is -0.654. The van der Waals surface area contributed by atoms with Crippen LogP contribution < -0.4 is 4.90 Å². The number of furan rings is 1. The van der Waals surface area contributed by atoms with Crippen molar-refractivity contribution in [1.82, 2.24) is 24.5 Å². The van der Waals surface area contributed by atoms with Crippen LogP contribution in [0.15, 0.2) is 71.5 Å². The highest BCUT2D eigenvalue weighted by molar-refractivity contribution is 5.58. The lowest BCUT2D eigenvalue weighted by molar-refractivity contribution is -0.0224. The summed E-state index contributed by atoms with van der Waals surface area (Å²) in [6.45, 7) is 4.08. The van der Waals surface area contributed by atoms with Gasteiger partial charge in [0, 0.05) is 50.9 Å². The predicted molar refractivity (Wildman–Crippen MR) is 134 cm³/mol. The number of piperidine rings is 1. The van der Waals surface area contributed by atoms with E-state index < -0.39 is 5.60 Å². The van der Waals surface area contributed by atoms with E-state index in [2.05, 4.69) is 34.1 Å². The molecule has 0 spiro atoms. The fourth-order valence-corrected chi connectivity index (χ4v) is 5.09. The minimum absolute atomic E-state index is 0.564. The zero-order chi connectivity index (χ0) is 23.7. The van der Waals surface area contributed by atoms with E-state index >= 15 is 0 Å². The molecule has 4 aromatic rings. The van der Waals surface area contributed by atoms with Gasteiger partial charge in [0.05, 0.1) is 11.9 Å². The third-order valence-electron chi connectivity index (χ3n) is 7.06. The van der Waals surface area contributed by atoms with Crippen LogP contribution in [0.4, 0.5) is 5.95 Å². The first kappa shape index (κ1) is 22.0. The first-order valence-electron chi connectivity index (χ1n) is 12.3. The molecule has 5 heterocycles. The Morgan fingerprint density at radius 2 is 1.86 bits per heavy atom. The Kier molecular flexibility index (Phi) is 5.83. The zero-order valence-corrected chi connectivity index (χ0v) is 19.8. The van der Waals surface area contributed by atoms with Crippen LogP contribution in [0.1, 0.15) is 30.4 Å². The third-order valence-corrected chi connectivity index (χ3v) is 7.06. The van der Waals surface area contributed by atoms with Crippen LogP contribution in [-0.2, 0) is 13.0 Å². The van der Waals surface area contributed by atoms with Gasteiger partial charge in [-0.2, -0.15) is 4.52 Å². The lowest BCUT2D eigenvalue weighted by Crippen LogP contribution is -2.45. The fourth-order valence-electron chi connectivity index (χ4n) is 5.09.